The first-order valence-electron chi connectivity index (χ1n) is 8.58. The molecular formula is C16H22N6O2. The van der Waals surface area contributed by atoms with Gasteiger partial charge in [-0.05, 0) is 44.9 Å². The van der Waals surface area contributed by atoms with Gasteiger partial charge in [0, 0.05) is 24.8 Å². The summed E-state index contributed by atoms with van der Waals surface area (Å²) in [6.45, 7) is 5.14. The molecule has 0 radical (unpaired) electrons. The van der Waals surface area contributed by atoms with Gasteiger partial charge in [-0.2, -0.15) is 5.10 Å². The van der Waals surface area contributed by atoms with Crippen molar-refractivity contribution >= 4 is 5.95 Å². The quantitative estimate of drug-likeness (QED) is 0.870. The topological polar surface area (TPSA) is 99.7 Å². The Morgan fingerprint density at radius 1 is 1.29 bits per heavy atom. The minimum atomic E-state index is -0.181. The molecule has 0 amide bonds. The van der Waals surface area contributed by atoms with E-state index in [1.807, 2.05) is 13.8 Å². The molecule has 4 rings (SSSR count). The van der Waals surface area contributed by atoms with E-state index in [9.17, 15) is 9.59 Å². The number of nitrogens with zero attached hydrogens (tertiary/aromatic N) is 4. The van der Waals surface area contributed by atoms with Gasteiger partial charge < -0.3 is 4.90 Å². The molecular weight excluding hydrogens is 308 g/mol. The van der Waals surface area contributed by atoms with Crippen LogP contribution in [0, 0.1) is 18.8 Å². The Morgan fingerprint density at radius 3 is 2.75 bits per heavy atom. The molecule has 2 unspecified atom stereocenters. The summed E-state index contributed by atoms with van der Waals surface area (Å²) in [5.41, 5.74) is 0.359. The van der Waals surface area contributed by atoms with Crippen LogP contribution in [-0.4, -0.2) is 31.3 Å². The van der Waals surface area contributed by atoms with E-state index in [-0.39, 0.29) is 17.3 Å². The lowest BCUT2D eigenvalue weighted by molar-refractivity contribution is 0.400. The van der Waals surface area contributed by atoms with Crippen LogP contribution in [0.4, 0.5) is 5.95 Å². The highest BCUT2D eigenvalue weighted by atomic mass is 16.1. The number of aromatic amines is 2. The summed E-state index contributed by atoms with van der Waals surface area (Å²) in [6, 6.07) is 1.46. The molecule has 128 valence electrons. The maximum atomic E-state index is 12.0. The number of hydrogen-bond acceptors (Lipinski definition) is 5. The lowest BCUT2D eigenvalue weighted by Gasteiger charge is -2.28. The Labute approximate surface area is 138 Å². The van der Waals surface area contributed by atoms with Crippen molar-refractivity contribution in [3.8, 4) is 0 Å². The van der Waals surface area contributed by atoms with Crippen LogP contribution in [0.2, 0.25) is 0 Å². The van der Waals surface area contributed by atoms with E-state index in [1.54, 1.807) is 4.57 Å². The molecule has 2 fully saturated rings. The fraction of sp³-hybridized carbons (Fsp3) is 0.625. The fourth-order valence-corrected chi connectivity index (χ4v) is 3.96. The van der Waals surface area contributed by atoms with Gasteiger partial charge >= 0.3 is 5.69 Å². The van der Waals surface area contributed by atoms with Crippen LogP contribution in [0.1, 0.15) is 43.7 Å². The monoisotopic (exact) mass is 330 g/mol. The average Bonchev–Trinajstić information content (AvgIpc) is 3.17. The summed E-state index contributed by atoms with van der Waals surface area (Å²) in [4.78, 5) is 33.4. The molecule has 0 bridgehead atoms. The number of nitrogens with one attached hydrogen (secondary N) is 2. The minimum absolute atomic E-state index is 0.0265. The second-order valence-corrected chi connectivity index (χ2v) is 6.77. The van der Waals surface area contributed by atoms with E-state index in [1.165, 1.54) is 18.9 Å². The zero-order valence-corrected chi connectivity index (χ0v) is 14.0. The molecule has 1 aliphatic heterocycles. The van der Waals surface area contributed by atoms with Gasteiger partial charge in [0.05, 0.1) is 6.04 Å². The van der Waals surface area contributed by atoms with Crippen molar-refractivity contribution in [2.75, 3.05) is 11.4 Å². The van der Waals surface area contributed by atoms with Gasteiger partial charge in [-0.3, -0.25) is 14.3 Å². The van der Waals surface area contributed by atoms with Gasteiger partial charge in [0.15, 0.2) is 5.82 Å². The third-order valence-corrected chi connectivity index (χ3v) is 5.17. The van der Waals surface area contributed by atoms with Gasteiger partial charge in [-0.1, -0.05) is 0 Å². The average molecular weight is 330 g/mol. The van der Waals surface area contributed by atoms with Gasteiger partial charge in [-0.25, -0.2) is 14.9 Å². The van der Waals surface area contributed by atoms with Crippen molar-refractivity contribution in [3.63, 3.8) is 0 Å². The first-order valence-corrected chi connectivity index (χ1v) is 8.58. The van der Waals surface area contributed by atoms with Crippen molar-refractivity contribution in [2.45, 2.75) is 45.7 Å². The maximum Gasteiger partial charge on any atom is 0.343 e. The normalized spacial score (nSPS) is 23.8. The van der Waals surface area contributed by atoms with Crippen LogP contribution in [-0.2, 0) is 6.54 Å². The van der Waals surface area contributed by atoms with E-state index < -0.39 is 0 Å². The largest absolute Gasteiger partial charge is 0.343 e. The van der Waals surface area contributed by atoms with Gasteiger partial charge in [0.1, 0.15) is 0 Å². The zero-order chi connectivity index (χ0) is 16.8. The highest BCUT2D eigenvalue weighted by Crippen LogP contribution is 2.50. The van der Waals surface area contributed by atoms with Crippen LogP contribution >= 0.6 is 0 Å². The number of H-pyrrole nitrogens is 2. The third kappa shape index (κ3) is 2.46. The van der Waals surface area contributed by atoms with Crippen LogP contribution in [0.25, 0.3) is 0 Å². The molecule has 24 heavy (non-hydrogen) atoms. The molecule has 1 saturated carbocycles. The van der Waals surface area contributed by atoms with E-state index in [4.69, 9.17) is 0 Å². The van der Waals surface area contributed by atoms with Crippen LogP contribution in [0.5, 0.6) is 0 Å². The van der Waals surface area contributed by atoms with Crippen LogP contribution in [0.3, 0.4) is 0 Å². The molecule has 3 heterocycles. The van der Waals surface area contributed by atoms with E-state index in [0.29, 0.717) is 30.0 Å². The highest BCUT2D eigenvalue weighted by Gasteiger charge is 2.46. The first-order chi connectivity index (χ1) is 11.6. The SMILES string of the molecule is CCn1c(C2C(C3CC3)CCN2c2nc(C)cc(=O)[nH]2)n[nH]c1=O. The zero-order valence-electron chi connectivity index (χ0n) is 14.0. The predicted molar refractivity (Wildman–Crippen MR) is 89.0 cm³/mol. The molecule has 0 spiro atoms. The summed E-state index contributed by atoms with van der Waals surface area (Å²) in [5.74, 6) is 2.44. The van der Waals surface area contributed by atoms with Crippen molar-refractivity contribution in [2.24, 2.45) is 11.8 Å². The third-order valence-electron chi connectivity index (χ3n) is 5.17. The molecule has 2 aromatic heterocycles. The minimum Gasteiger partial charge on any atom is -0.332 e. The second kappa shape index (κ2) is 5.61. The summed E-state index contributed by atoms with van der Waals surface area (Å²) in [7, 11) is 0. The lowest BCUT2D eigenvalue weighted by atomic mass is 9.94. The molecule has 8 nitrogen and oxygen atoms in total. The fourth-order valence-electron chi connectivity index (χ4n) is 3.96. The lowest BCUT2D eigenvalue weighted by Crippen LogP contribution is -2.32. The first kappa shape index (κ1) is 15.2. The Hall–Kier alpha value is -2.38. The van der Waals surface area contributed by atoms with Crippen LogP contribution in [0.15, 0.2) is 15.7 Å². The summed E-state index contributed by atoms with van der Waals surface area (Å²) in [5, 5.41) is 6.89. The maximum absolute atomic E-state index is 12.0. The molecule has 2 N–H and O–H groups in total. The summed E-state index contributed by atoms with van der Waals surface area (Å²) >= 11 is 0. The molecule has 0 aromatic carbocycles. The number of hydrogen-bond donors (Lipinski definition) is 2. The van der Waals surface area contributed by atoms with Crippen molar-refractivity contribution in [3.05, 3.63) is 38.4 Å². The van der Waals surface area contributed by atoms with Gasteiger partial charge in [0.2, 0.25) is 5.95 Å². The van der Waals surface area contributed by atoms with Gasteiger partial charge in [-0.15, -0.1) is 0 Å². The molecule has 1 aliphatic carbocycles. The standard InChI is InChI=1S/C16H22N6O2/c1-3-21-14(19-20-16(21)24)13-11(10-4-5-10)6-7-22(13)15-17-9(2)8-12(23)18-15/h8,10-11,13H,3-7H2,1-2H3,(H,20,24)(H,17,18,23). The molecule has 2 aliphatic rings. The van der Waals surface area contributed by atoms with Crippen LogP contribution < -0.4 is 16.1 Å². The number of anilines is 1. The van der Waals surface area contributed by atoms with Crippen molar-refractivity contribution in [1.29, 1.82) is 0 Å². The molecule has 2 atom stereocenters. The van der Waals surface area contributed by atoms with Crippen molar-refractivity contribution < 1.29 is 0 Å². The highest BCUT2D eigenvalue weighted by molar-refractivity contribution is 5.37. The van der Waals surface area contributed by atoms with Gasteiger partial charge in [0.25, 0.3) is 5.56 Å². The Balaban J connectivity index is 1.80. The Morgan fingerprint density at radius 2 is 2.08 bits per heavy atom. The van der Waals surface area contributed by atoms with Crippen molar-refractivity contribution in [1.82, 2.24) is 24.7 Å². The number of aromatic nitrogens is 5. The smallest absolute Gasteiger partial charge is 0.332 e. The Kier molecular flexibility index (Phi) is 3.54. The summed E-state index contributed by atoms with van der Waals surface area (Å²) < 4.78 is 1.69. The number of rotatable bonds is 4. The van der Waals surface area contributed by atoms with E-state index in [2.05, 4.69) is 25.1 Å². The predicted octanol–water partition coefficient (Wildman–Crippen LogP) is 0.961. The van der Waals surface area contributed by atoms with E-state index in [0.717, 1.165) is 18.8 Å². The number of aryl methyl sites for hydroxylation is 1. The second-order valence-electron chi connectivity index (χ2n) is 6.77. The van der Waals surface area contributed by atoms with E-state index >= 15 is 0 Å². The Bertz CT molecular complexity index is 862. The molecule has 2 aromatic rings. The molecule has 1 saturated heterocycles. The summed E-state index contributed by atoms with van der Waals surface area (Å²) in [6.07, 6.45) is 3.48. The molecule has 8 heteroatoms.